The predicted octanol–water partition coefficient (Wildman–Crippen LogP) is 1.25. The topological polar surface area (TPSA) is 35.2 Å². The van der Waals surface area contributed by atoms with Crippen LogP contribution in [0.1, 0.15) is 13.3 Å². The minimum Gasteiger partial charge on any atom is -0.380 e. The molecule has 4 heteroatoms. The van der Waals surface area contributed by atoms with Crippen molar-refractivity contribution in [1.82, 2.24) is 0 Å². The molecule has 0 aromatic heterocycles. The van der Waals surface area contributed by atoms with Crippen LogP contribution in [0, 0.1) is 11.3 Å². The van der Waals surface area contributed by atoms with E-state index in [-0.39, 0.29) is 12.0 Å². The number of ether oxygens (including phenoxy) is 1. The van der Waals surface area contributed by atoms with Gasteiger partial charge in [0, 0.05) is 17.9 Å². The predicted molar refractivity (Wildman–Crippen MR) is 42.1 cm³/mol. The lowest BCUT2D eigenvalue weighted by atomic mass is 9.71. The van der Waals surface area contributed by atoms with Crippen molar-refractivity contribution in [2.75, 3.05) is 19.8 Å². The molecule has 2 nitrogen and oxygen atoms in total. The van der Waals surface area contributed by atoms with Crippen LogP contribution < -0.4 is 5.73 Å². The molecule has 1 unspecified atom stereocenters. The van der Waals surface area contributed by atoms with Crippen molar-refractivity contribution in [3.8, 4) is 0 Å². The summed E-state index contributed by atoms with van der Waals surface area (Å²) in [6, 6.07) is 0. The molecule has 12 heavy (non-hydrogen) atoms. The van der Waals surface area contributed by atoms with Gasteiger partial charge in [0.25, 0.3) is 0 Å². The maximum atomic E-state index is 12.5. The summed E-state index contributed by atoms with van der Waals surface area (Å²) < 4.78 is 29.9. The first-order valence-corrected chi connectivity index (χ1v) is 4.22. The molecule has 72 valence electrons. The fourth-order valence-corrected chi connectivity index (χ4v) is 1.66. The molecule has 1 aliphatic heterocycles. The fraction of sp³-hybridized carbons (Fsp3) is 1.00. The maximum Gasteiger partial charge on any atom is 0.243 e. The summed E-state index contributed by atoms with van der Waals surface area (Å²) in [6.07, 6.45) is -1.60. The van der Waals surface area contributed by atoms with Gasteiger partial charge in [0.05, 0.1) is 13.2 Å². The van der Waals surface area contributed by atoms with Gasteiger partial charge in [-0.1, -0.05) is 6.92 Å². The zero-order valence-corrected chi connectivity index (χ0v) is 7.22. The average Bonchev–Trinajstić information content (AvgIpc) is 1.95. The Balaban J connectivity index is 2.61. The van der Waals surface area contributed by atoms with Crippen molar-refractivity contribution < 1.29 is 13.5 Å². The first-order valence-electron chi connectivity index (χ1n) is 4.22. The average molecular weight is 179 g/mol. The second-order valence-electron chi connectivity index (χ2n) is 3.39. The largest absolute Gasteiger partial charge is 0.380 e. The standard InChI is InChI=1S/C8H15F2NO/c1-2-8(4-12-5-8)6(3-11)7(9)10/h6-7H,2-5,11H2,1H3. The van der Waals surface area contributed by atoms with E-state index in [9.17, 15) is 8.78 Å². The van der Waals surface area contributed by atoms with Gasteiger partial charge < -0.3 is 10.5 Å². The molecule has 0 aromatic carbocycles. The van der Waals surface area contributed by atoms with Crippen LogP contribution in [0.5, 0.6) is 0 Å². The van der Waals surface area contributed by atoms with E-state index in [1.807, 2.05) is 6.92 Å². The van der Waals surface area contributed by atoms with E-state index in [2.05, 4.69) is 0 Å². The monoisotopic (exact) mass is 179 g/mol. The Morgan fingerprint density at radius 1 is 1.50 bits per heavy atom. The van der Waals surface area contributed by atoms with Crippen molar-refractivity contribution in [2.24, 2.45) is 17.1 Å². The van der Waals surface area contributed by atoms with Gasteiger partial charge in [-0.3, -0.25) is 0 Å². The second-order valence-corrected chi connectivity index (χ2v) is 3.39. The van der Waals surface area contributed by atoms with E-state index >= 15 is 0 Å². The molecule has 1 fully saturated rings. The molecule has 0 radical (unpaired) electrons. The highest BCUT2D eigenvalue weighted by Crippen LogP contribution is 2.41. The second kappa shape index (κ2) is 3.66. The Labute approximate surface area is 71.1 Å². The van der Waals surface area contributed by atoms with E-state index in [1.54, 1.807) is 0 Å². The normalized spacial score (nSPS) is 23.8. The molecule has 1 heterocycles. The van der Waals surface area contributed by atoms with Gasteiger partial charge in [-0.2, -0.15) is 0 Å². The lowest BCUT2D eigenvalue weighted by Crippen LogP contribution is -2.52. The summed E-state index contributed by atoms with van der Waals surface area (Å²) in [4.78, 5) is 0. The van der Waals surface area contributed by atoms with Crippen molar-refractivity contribution in [1.29, 1.82) is 0 Å². The third kappa shape index (κ3) is 1.45. The number of rotatable bonds is 4. The lowest BCUT2D eigenvalue weighted by Gasteiger charge is -2.46. The lowest BCUT2D eigenvalue weighted by molar-refractivity contribution is -0.173. The Kier molecular flexibility index (Phi) is 3.01. The van der Waals surface area contributed by atoms with Crippen molar-refractivity contribution in [3.63, 3.8) is 0 Å². The number of halogens is 2. The van der Waals surface area contributed by atoms with Crippen LogP contribution in [0.2, 0.25) is 0 Å². The van der Waals surface area contributed by atoms with Gasteiger partial charge in [0.2, 0.25) is 6.43 Å². The highest BCUT2D eigenvalue weighted by molar-refractivity contribution is 4.92. The van der Waals surface area contributed by atoms with Crippen LogP contribution in [0.3, 0.4) is 0 Å². The first kappa shape index (κ1) is 9.86. The zero-order valence-electron chi connectivity index (χ0n) is 7.22. The summed E-state index contributed by atoms with van der Waals surface area (Å²) in [5.74, 6) is -0.698. The van der Waals surface area contributed by atoms with E-state index in [1.165, 1.54) is 0 Å². The molecule has 0 saturated carbocycles. The number of nitrogens with two attached hydrogens (primary N) is 1. The van der Waals surface area contributed by atoms with Gasteiger partial charge in [-0.05, 0) is 6.42 Å². The van der Waals surface area contributed by atoms with Crippen molar-refractivity contribution >= 4 is 0 Å². The third-order valence-corrected chi connectivity index (χ3v) is 2.83. The van der Waals surface area contributed by atoms with E-state index in [4.69, 9.17) is 10.5 Å². The SMILES string of the molecule is CCC1(C(CN)C(F)F)COC1. The third-order valence-electron chi connectivity index (χ3n) is 2.83. The first-order chi connectivity index (χ1) is 5.66. The number of alkyl halides is 2. The Bertz CT molecular complexity index is 142. The molecule has 2 N–H and O–H groups in total. The van der Waals surface area contributed by atoms with E-state index in [0.717, 1.165) is 6.42 Å². The highest BCUT2D eigenvalue weighted by Gasteiger charge is 2.47. The van der Waals surface area contributed by atoms with E-state index < -0.39 is 12.3 Å². The fourth-order valence-electron chi connectivity index (χ4n) is 1.66. The molecule has 0 spiro atoms. The molecule has 0 aromatic rings. The molecule has 1 saturated heterocycles. The molecule has 0 amide bonds. The van der Waals surface area contributed by atoms with Gasteiger partial charge in [0.1, 0.15) is 0 Å². The van der Waals surface area contributed by atoms with Gasteiger partial charge in [0.15, 0.2) is 0 Å². The summed E-state index contributed by atoms with van der Waals surface area (Å²) in [5, 5.41) is 0. The summed E-state index contributed by atoms with van der Waals surface area (Å²) in [6.45, 7) is 2.84. The molecule has 1 rings (SSSR count). The molecule has 1 atom stereocenters. The molecular weight excluding hydrogens is 164 g/mol. The van der Waals surface area contributed by atoms with Crippen LogP contribution in [0.4, 0.5) is 8.78 Å². The summed E-state index contributed by atoms with van der Waals surface area (Å²) in [7, 11) is 0. The Morgan fingerprint density at radius 3 is 2.17 bits per heavy atom. The van der Waals surface area contributed by atoms with Gasteiger partial charge in [-0.25, -0.2) is 8.78 Å². The van der Waals surface area contributed by atoms with Crippen LogP contribution in [0.15, 0.2) is 0 Å². The van der Waals surface area contributed by atoms with Gasteiger partial charge in [-0.15, -0.1) is 0 Å². The molecular formula is C8H15F2NO. The van der Waals surface area contributed by atoms with Gasteiger partial charge >= 0.3 is 0 Å². The van der Waals surface area contributed by atoms with Crippen LogP contribution in [-0.4, -0.2) is 26.2 Å². The minimum absolute atomic E-state index is 0.0505. The highest BCUT2D eigenvalue weighted by atomic mass is 19.3. The number of hydrogen-bond acceptors (Lipinski definition) is 2. The summed E-state index contributed by atoms with van der Waals surface area (Å²) >= 11 is 0. The smallest absolute Gasteiger partial charge is 0.243 e. The van der Waals surface area contributed by atoms with Crippen LogP contribution >= 0.6 is 0 Å². The zero-order chi connectivity index (χ0) is 9.19. The van der Waals surface area contributed by atoms with E-state index in [0.29, 0.717) is 13.2 Å². The van der Waals surface area contributed by atoms with Crippen LogP contribution in [-0.2, 0) is 4.74 Å². The number of hydrogen-bond donors (Lipinski definition) is 1. The maximum absolute atomic E-state index is 12.5. The Hall–Kier alpha value is -0.220. The Morgan fingerprint density at radius 2 is 2.08 bits per heavy atom. The summed E-state index contributed by atoms with van der Waals surface area (Å²) in [5.41, 5.74) is 4.96. The quantitative estimate of drug-likeness (QED) is 0.705. The molecule has 1 aliphatic rings. The minimum atomic E-state index is -2.32. The molecule has 0 bridgehead atoms. The van der Waals surface area contributed by atoms with Crippen molar-refractivity contribution in [2.45, 2.75) is 19.8 Å². The molecule has 0 aliphatic carbocycles. The van der Waals surface area contributed by atoms with Crippen molar-refractivity contribution in [3.05, 3.63) is 0 Å². The van der Waals surface area contributed by atoms with Crippen LogP contribution in [0.25, 0.3) is 0 Å².